The number of amides is 1. The van der Waals surface area contributed by atoms with Crippen LogP contribution in [0.5, 0.6) is 0 Å². The fraction of sp³-hybridized carbons (Fsp3) is 0.643. The second-order valence-electron chi connectivity index (χ2n) is 5.68. The molecule has 6 nitrogen and oxygen atoms in total. The molecule has 0 unspecified atom stereocenters. The topological polar surface area (TPSA) is 84.0 Å². The Balaban J connectivity index is 2.00. The van der Waals surface area contributed by atoms with Crippen molar-refractivity contribution in [1.29, 1.82) is 0 Å². The Bertz CT molecular complexity index is 590. The van der Waals surface area contributed by atoms with Gasteiger partial charge < -0.3 is 5.32 Å². The van der Waals surface area contributed by atoms with E-state index in [1.54, 1.807) is 0 Å². The average Bonchev–Trinajstić information content (AvgIpc) is 2.39. The number of hydrogen-bond donors (Lipinski definition) is 2. The Labute approximate surface area is 117 Å². The van der Waals surface area contributed by atoms with Crippen molar-refractivity contribution < 1.29 is 4.79 Å². The quantitative estimate of drug-likeness (QED) is 0.844. The molecule has 1 amide bonds. The van der Waals surface area contributed by atoms with Gasteiger partial charge in [0.15, 0.2) is 0 Å². The number of hydrogen-bond acceptors (Lipinski definition) is 3. The Morgan fingerprint density at radius 2 is 2.10 bits per heavy atom. The summed E-state index contributed by atoms with van der Waals surface area (Å²) in [6.45, 7) is 4.19. The molecular weight excluding hydrogens is 258 g/mol. The third-order valence-electron chi connectivity index (χ3n) is 4.24. The zero-order chi connectivity index (χ0) is 14.7. The summed E-state index contributed by atoms with van der Waals surface area (Å²) in [7, 11) is 0. The smallest absolute Gasteiger partial charge is 0.265 e. The van der Waals surface area contributed by atoms with Crippen LogP contribution in [0.25, 0.3) is 0 Å². The molecule has 1 aliphatic carbocycles. The Morgan fingerprint density at radius 3 is 2.85 bits per heavy atom. The summed E-state index contributed by atoms with van der Waals surface area (Å²) in [6.07, 6.45) is 3.27. The molecule has 6 heteroatoms. The number of carbonyl (C=O) groups is 1. The van der Waals surface area contributed by atoms with Crippen LogP contribution >= 0.6 is 0 Å². The number of nitrogens with zero attached hydrogens (tertiary/aromatic N) is 1. The standard InChI is InChI=1S/C14H21N3O3/c1-9-4-3-5-11(10(9)2)15-13(19)8-17-14(20)7-6-12(18)16-17/h6-7,9-11H,3-5,8H2,1-2H3,(H,15,19)(H,16,18)/t9-,10-,11-/m1/s1. The molecule has 0 bridgehead atoms. The van der Waals surface area contributed by atoms with Crippen molar-refractivity contribution in [2.24, 2.45) is 11.8 Å². The number of aromatic nitrogens is 2. The van der Waals surface area contributed by atoms with Crippen LogP contribution in [0.15, 0.2) is 21.7 Å². The summed E-state index contributed by atoms with van der Waals surface area (Å²) in [6, 6.07) is 2.47. The first-order valence-corrected chi connectivity index (χ1v) is 7.07. The normalized spacial score (nSPS) is 26.2. The second-order valence-corrected chi connectivity index (χ2v) is 5.68. The first-order valence-electron chi connectivity index (χ1n) is 7.07. The van der Waals surface area contributed by atoms with Gasteiger partial charge in [-0.25, -0.2) is 4.68 Å². The maximum Gasteiger partial charge on any atom is 0.265 e. The van der Waals surface area contributed by atoms with E-state index >= 15 is 0 Å². The van der Waals surface area contributed by atoms with Crippen LogP contribution in [0.4, 0.5) is 0 Å². The van der Waals surface area contributed by atoms with E-state index in [9.17, 15) is 14.4 Å². The summed E-state index contributed by atoms with van der Waals surface area (Å²) in [5.41, 5.74) is -0.776. The molecule has 0 spiro atoms. The minimum Gasteiger partial charge on any atom is -0.351 e. The molecule has 2 rings (SSSR count). The van der Waals surface area contributed by atoms with Gasteiger partial charge in [0.25, 0.3) is 11.1 Å². The van der Waals surface area contributed by atoms with E-state index in [-0.39, 0.29) is 24.1 Å². The van der Waals surface area contributed by atoms with E-state index in [0.717, 1.165) is 29.7 Å². The van der Waals surface area contributed by atoms with Gasteiger partial charge >= 0.3 is 0 Å². The van der Waals surface area contributed by atoms with Crippen molar-refractivity contribution in [2.75, 3.05) is 0 Å². The van der Waals surface area contributed by atoms with Gasteiger partial charge in [-0.1, -0.05) is 26.7 Å². The molecule has 2 N–H and O–H groups in total. The Kier molecular flexibility index (Phi) is 4.42. The third-order valence-corrected chi connectivity index (χ3v) is 4.24. The summed E-state index contributed by atoms with van der Waals surface area (Å²) in [5, 5.41) is 5.32. The molecule has 0 aromatic carbocycles. The highest BCUT2D eigenvalue weighted by molar-refractivity contribution is 5.75. The van der Waals surface area contributed by atoms with Crippen molar-refractivity contribution in [3.05, 3.63) is 32.8 Å². The molecule has 1 heterocycles. The summed E-state index contributed by atoms with van der Waals surface area (Å²) in [5.74, 6) is 0.785. The van der Waals surface area contributed by atoms with Crippen molar-refractivity contribution in [3.8, 4) is 0 Å². The molecule has 0 aliphatic heterocycles. The maximum absolute atomic E-state index is 12.0. The molecule has 0 radical (unpaired) electrons. The monoisotopic (exact) mass is 279 g/mol. The van der Waals surface area contributed by atoms with Crippen molar-refractivity contribution >= 4 is 5.91 Å². The summed E-state index contributed by atoms with van der Waals surface area (Å²) < 4.78 is 1.04. The van der Waals surface area contributed by atoms with Crippen LogP contribution in [0.2, 0.25) is 0 Å². The van der Waals surface area contributed by atoms with Crippen molar-refractivity contribution in [3.63, 3.8) is 0 Å². The van der Waals surface area contributed by atoms with Gasteiger partial charge in [0.1, 0.15) is 6.54 Å². The lowest BCUT2D eigenvalue weighted by atomic mass is 9.78. The van der Waals surface area contributed by atoms with Crippen LogP contribution in [-0.2, 0) is 11.3 Å². The predicted octanol–water partition coefficient (Wildman–Crippen LogP) is 0.477. The first kappa shape index (κ1) is 14.6. The summed E-state index contributed by atoms with van der Waals surface area (Å²) >= 11 is 0. The number of carbonyl (C=O) groups excluding carboxylic acids is 1. The van der Waals surface area contributed by atoms with Gasteiger partial charge in [-0.3, -0.25) is 19.5 Å². The highest BCUT2D eigenvalue weighted by Gasteiger charge is 2.28. The number of H-pyrrole nitrogens is 1. The molecule has 3 atom stereocenters. The van der Waals surface area contributed by atoms with Gasteiger partial charge in [0.05, 0.1) is 0 Å². The lowest BCUT2D eigenvalue weighted by molar-refractivity contribution is -0.123. The molecule has 20 heavy (non-hydrogen) atoms. The maximum atomic E-state index is 12.0. The predicted molar refractivity (Wildman–Crippen MR) is 75.4 cm³/mol. The molecular formula is C14H21N3O3. The van der Waals surface area contributed by atoms with Crippen LogP contribution < -0.4 is 16.4 Å². The highest BCUT2D eigenvalue weighted by atomic mass is 16.2. The molecule has 0 saturated heterocycles. The highest BCUT2D eigenvalue weighted by Crippen LogP contribution is 2.29. The van der Waals surface area contributed by atoms with Gasteiger partial charge in [0, 0.05) is 18.2 Å². The fourth-order valence-corrected chi connectivity index (χ4v) is 2.76. The third kappa shape index (κ3) is 3.37. The van der Waals surface area contributed by atoms with Gasteiger partial charge in [-0.15, -0.1) is 0 Å². The Hall–Kier alpha value is -1.85. The molecule has 110 valence electrons. The lowest BCUT2D eigenvalue weighted by Gasteiger charge is -2.34. The number of rotatable bonds is 3. The minimum absolute atomic E-state index is 0.146. The number of aromatic amines is 1. The van der Waals surface area contributed by atoms with E-state index in [1.807, 2.05) is 0 Å². The van der Waals surface area contributed by atoms with Crippen LogP contribution in [0.3, 0.4) is 0 Å². The zero-order valence-electron chi connectivity index (χ0n) is 11.9. The second kappa shape index (κ2) is 6.07. The summed E-state index contributed by atoms with van der Waals surface area (Å²) in [4.78, 5) is 34.7. The molecule has 1 saturated carbocycles. The van der Waals surface area contributed by atoms with Gasteiger partial charge in [-0.05, 0) is 18.3 Å². The van der Waals surface area contributed by atoms with E-state index in [0.29, 0.717) is 11.8 Å². The van der Waals surface area contributed by atoms with Crippen LogP contribution in [0, 0.1) is 11.8 Å². The van der Waals surface area contributed by atoms with E-state index in [2.05, 4.69) is 24.3 Å². The SMILES string of the molecule is C[C@@H]1[C@H](C)CCC[C@H]1NC(=O)Cn1[nH]c(=O)ccc1=O. The van der Waals surface area contributed by atoms with Crippen molar-refractivity contribution in [1.82, 2.24) is 15.1 Å². The largest absolute Gasteiger partial charge is 0.351 e. The molecule has 1 aromatic heterocycles. The molecule has 1 fully saturated rings. The van der Waals surface area contributed by atoms with Crippen LogP contribution in [0.1, 0.15) is 33.1 Å². The van der Waals surface area contributed by atoms with Gasteiger partial charge in [0.2, 0.25) is 5.91 Å². The average molecular weight is 279 g/mol. The lowest BCUT2D eigenvalue weighted by Crippen LogP contribution is -2.46. The first-order chi connectivity index (χ1) is 9.47. The van der Waals surface area contributed by atoms with E-state index in [1.165, 1.54) is 6.42 Å². The van der Waals surface area contributed by atoms with Crippen molar-refractivity contribution in [2.45, 2.75) is 45.7 Å². The Morgan fingerprint density at radius 1 is 1.35 bits per heavy atom. The fourth-order valence-electron chi connectivity index (χ4n) is 2.76. The molecule has 1 aliphatic rings. The zero-order valence-corrected chi connectivity index (χ0v) is 11.9. The molecule has 1 aromatic rings. The van der Waals surface area contributed by atoms with Crippen LogP contribution in [-0.4, -0.2) is 21.7 Å². The van der Waals surface area contributed by atoms with Gasteiger partial charge in [-0.2, -0.15) is 0 Å². The van der Waals surface area contributed by atoms with E-state index < -0.39 is 5.56 Å². The number of nitrogens with one attached hydrogen (secondary N) is 2. The minimum atomic E-state index is -0.392. The van der Waals surface area contributed by atoms with E-state index in [4.69, 9.17) is 0 Å².